The number of anilines is 1. The molecule has 0 aliphatic heterocycles. The van der Waals surface area contributed by atoms with E-state index in [9.17, 15) is 18.0 Å². The summed E-state index contributed by atoms with van der Waals surface area (Å²) >= 11 is 12.5. The van der Waals surface area contributed by atoms with Gasteiger partial charge in [-0.2, -0.15) is 0 Å². The van der Waals surface area contributed by atoms with Gasteiger partial charge < -0.3 is 10.2 Å². The first kappa shape index (κ1) is 31.9. The number of benzene rings is 3. The number of rotatable bonds is 10. The van der Waals surface area contributed by atoms with Gasteiger partial charge in [-0.25, -0.2) is 8.42 Å². The van der Waals surface area contributed by atoms with Crippen LogP contribution in [0.15, 0.2) is 71.6 Å². The summed E-state index contributed by atoms with van der Waals surface area (Å²) in [6, 6.07) is 17.4. The Morgan fingerprint density at radius 2 is 1.60 bits per heavy atom. The lowest BCUT2D eigenvalue weighted by atomic mass is 9.95. The fourth-order valence-corrected chi connectivity index (χ4v) is 6.83. The summed E-state index contributed by atoms with van der Waals surface area (Å²) in [4.78, 5) is 29.0. The molecular formula is C32H37Cl2N3O4S. The highest BCUT2D eigenvalue weighted by Gasteiger charge is 2.33. The monoisotopic (exact) mass is 629 g/mol. The minimum atomic E-state index is -4.18. The third-order valence-electron chi connectivity index (χ3n) is 7.88. The maximum Gasteiger partial charge on any atom is 0.264 e. The highest BCUT2D eigenvalue weighted by molar-refractivity contribution is 7.92. The fraction of sp³-hybridized carbons (Fsp3) is 0.375. The predicted octanol–water partition coefficient (Wildman–Crippen LogP) is 6.67. The number of amides is 2. The van der Waals surface area contributed by atoms with Crippen LogP contribution >= 0.6 is 23.2 Å². The number of halogens is 2. The molecule has 0 saturated heterocycles. The van der Waals surface area contributed by atoms with Gasteiger partial charge in [0.05, 0.1) is 10.6 Å². The van der Waals surface area contributed by atoms with Crippen molar-refractivity contribution >= 4 is 50.7 Å². The summed E-state index contributed by atoms with van der Waals surface area (Å²) in [5.41, 5.74) is 2.87. The minimum Gasteiger partial charge on any atom is -0.352 e. The zero-order chi connectivity index (χ0) is 30.4. The maximum atomic E-state index is 14.1. The summed E-state index contributed by atoms with van der Waals surface area (Å²) in [5, 5.41) is 3.95. The van der Waals surface area contributed by atoms with Crippen LogP contribution in [0.1, 0.15) is 55.7 Å². The second kappa shape index (κ2) is 13.9. The minimum absolute atomic E-state index is 0.00123. The van der Waals surface area contributed by atoms with Crippen molar-refractivity contribution in [2.75, 3.05) is 10.8 Å². The quantitative estimate of drug-likeness (QED) is 0.271. The van der Waals surface area contributed by atoms with Crippen molar-refractivity contribution in [1.82, 2.24) is 10.2 Å². The number of carbonyl (C=O) groups excluding carboxylic acids is 2. The van der Waals surface area contributed by atoms with Crippen LogP contribution in [0.25, 0.3) is 0 Å². The number of hydrogen-bond donors (Lipinski definition) is 1. The molecule has 1 atom stereocenters. The van der Waals surface area contributed by atoms with E-state index < -0.39 is 28.5 Å². The molecule has 0 radical (unpaired) electrons. The Kier molecular flexibility index (Phi) is 10.6. The zero-order valence-electron chi connectivity index (χ0n) is 24.1. The van der Waals surface area contributed by atoms with E-state index in [2.05, 4.69) is 5.32 Å². The van der Waals surface area contributed by atoms with E-state index in [1.165, 1.54) is 29.2 Å². The van der Waals surface area contributed by atoms with E-state index in [0.717, 1.165) is 47.5 Å². The summed E-state index contributed by atoms with van der Waals surface area (Å²) < 4.78 is 29.1. The van der Waals surface area contributed by atoms with Gasteiger partial charge in [0.2, 0.25) is 11.8 Å². The predicted molar refractivity (Wildman–Crippen MR) is 168 cm³/mol. The van der Waals surface area contributed by atoms with Crippen molar-refractivity contribution in [3.63, 3.8) is 0 Å². The van der Waals surface area contributed by atoms with Crippen molar-refractivity contribution in [2.45, 2.75) is 76.4 Å². The second-order valence-corrected chi connectivity index (χ2v) is 13.6. The highest BCUT2D eigenvalue weighted by atomic mass is 35.5. The van der Waals surface area contributed by atoms with Crippen LogP contribution < -0.4 is 9.62 Å². The molecule has 1 aliphatic carbocycles. The largest absolute Gasteiger partial charge is 0.352 e. The summed E-state index contributed by atoms with van der Waals surface area (Å²) in [7, 11) is -4.18. The van der Waals surface area contributed by atoms with Crippen LogP contribution in [0.4, 0.5) is 5.69 Å². The van der Waals surface area contributed by atoms with Crippen LogP contribution in [0.2, 0.25) is 10.0 Å². The SMILES string of the molecule is Cc1ccc(N(CC(=O)N(Cc2ccccc2Cl)C(C)C(=O)NC2CCCCC2)S(=O)(=O)c2ccc(Cl)cc2)cc1C. The normalized spacial score (nSPS) is 14.7. The van der Waals surface area contributed by atoms with Gasteiger partial charge in [-0.05, 0) is 92.8 Å². The Hall–Kier alpha value is -3.07. The Bertz CT molecular complexity index is 1520. The molecule has 3 aromatic rings. The first-order valence-corrected chi connectivity index (χ1v) is 16.4. The molecule has 0 heterocycles. The smallest absolute Gasteiger partial charge is 0.264 e. The lowest BCUT2D eigenvalue weighted by molar-refractivity contribution is -0.139. The Morgan fingerprint density at radius 3 is 2.24 bits per heavy atom. The van der Waals surface area contributed by atoms with Crippen LogP contribution in [-0.2, 0) is 26.2 Å². The van der Waals surface area contributed by atoms with Gasteiger partial charge in [-0.3, -0.25) is 13.9 Å². The number of sulfonamides is 1. The first-order valence-electron chi connectivity index (χ1n) is 14.2. The van der Waals surface area contributed by atoms with Gasteiger partial charge in [0.25, 0.3) is 10.0 Å². The molecular weight excluding hydrogens is 593 g/mol. The molecule has 1 fully saturated rings. The van der Waals surface area contributed by atoms with Crippen molar-refractivity contribution in [1.29, 1.82) is 0 Å². The molecule has 1 N–H and O–H groups in total. The molecule has 224 valence electrons. The molecule has 0 bridgehead atoms. The molecule has 1 aliphatic rings. The van der Waals surface area contributed by atoms with Crippen molar-refractivity contribution < 1.29 is 18.0 Å². The second-order valence-electron chi connectivity index (χ2n) is 10.9. The lowest BCUT2D eigenvalue weighted by Gasteiger charge is -2.33. The zero-order valence-corrected chi connectivity index (χ0v) is 26.5. The Morgan fingerprint density at radius 1 is 0.929 bits per heavy atom. The third kappa shape index (κ3) is 7.65. The first-order chi connectivity index (χ1) is 20.0. The van der Waals surface area contributed by atoms with Gasteiger partial charge in [0, 0.05) is 22.6 Å². The number of nitrogens with zero attached hydrogens (tertiary/aromatic N) is 2. The van der Waals surface area contributed by atoms with Gasteiger partial charge in [0.15, 0.2) is 0 Å². The molecule has 7 nitrogen and oxygen atoms in total. The maximum absolute atomic E-state index is 14.1. The van der Waals surface area contributed by atoms with E-state index in [1.54, 1.807) is 37.3 Å². The van der Waals surface area contributed by atoms with Gasteiger partial charge in [-0.1, -0.05) is 66.7 Å². The van der Waals surface area contributed by atoms with E-state index >= 15 is 0 Å². The standard InChI is InChI=1S/C32H37Cl2N3O4S/c1-22-13-16-28(19-23(22)2)37(42(40,41)29-17-14-26(33)15-18-29)21-31(38)36(20-25-9-7-8-12-30(25)34)24(3)32(39)35-27-10-5-4-6-11-27/h7-9,12-19,24,27H,4-6,10-11,20-21H2,1-3H3,(H,35,39). The number of nitrogens with one attached hydrogen (secondary N) is 1. The number of hydrogen-bond acceptors (Lipinski definition) is 4. The molecule has 0 aromatic heterocycles. The molecule has 2 amide bonds. The number of aryl methyl sites for hydroxylation is 2. The molecule has 4 rings (SSSR count). The van der Waals surface area contributed by atoms with Crippen molar-refractivity contribution in [3.8, 4) is 0 Å². The molecule has 3 aromatic carbocycles. The molecule has 10 heteroatoms. The molecule has 0 spiro atoms. The van der Waals surface area contributed by atoms with Crippen molar-refractivity contribution in [3.05, 3.63) is 93.5 Å². The molecule has 1 saturated carbocycles. The van der Waals surface area contributed by atoms with E-state index in [1.807, 2.05) is 26.0 Å². The van der Waals surface area contributed by atoms with E-state index in [-0.39, 0.29) is 23.4 Å². The topological polar surface area (TPSA) is 86.8 Å². The summed E-state index contributed by atoms with van der Waals surface area (Å²) in [6.07, 6.45) is 5.05. The molecule has 1 unspecified atom stereocenters. The van der Waals surface area contributed by atoms with Crippen LogP contribution in [0.3, 0.4) is 0 Å². The number of carbonyl (C=O) groups is 2. The van der Waals surface area contributed by atoms with Gasteiger partial charge >= 0.3 is 0 Å². The highest BCUT2D eigenvalue weighted by Crippen LogP contribution is 2.28. The van der Waals surface area contributed by atoms with Gasteiger partial charge in [-0.15, -0.1) is 0 Å². The summed E-state index contributed by atoms with van der Waals surface area (Å²) in [5.74, 6) is -0.808. The van der Waals surface area contributed by atoms with E-state index in [4.69, 9.17) is 23.2 Å². The average molecular weight is 631 g/mol. The van der Waals surface area contributed by atoms with Crippen LogP contribution in [0, 0.1) is 13.8 Å². The summed E-state index contributed by atoms with van der Waals surface area (Å²) in [6.45, 7) is 5.01. The van der Waals surface area contributed by atoms with Crippen molar-refractivity contribution in [2.24, 2.45) is 0 Å². The average Bonchev–Trinajstić information content (AvgIpc) is 2.97. The Labute approximate surface area is 258 Å². The molecule has 42 heavy (non-hydrogen) atoms. The lowest BCUT2D eigenvalue weighted by Crippen LogP contribution is -2.53. The fourth-order valence-electron chi connectivity index (χ4n) is 5.10. The Balaban J connectivity index is 1.70. The van der Waals surface area contributed by atoms with Crippen LogP contribution in [-0.4, -0.2) is 43.8 Å². The van der Waals surface area contributed by atoms with Crippen LogP contribution in [0.5, 0.6) is 0 Å². The van der Waals surface area contributed by atoms with Gasteiger partial charge in [0.1, 0.15) is 12.6 Å². The third-order valence-corrected chi connectivity index (χ3v) is 10.3. The van der Waals surface area contributed by atoms with E-state index in [0.29, 0.717) is 21.3 Å².